The second kappa shape index (κ2) is 7.16. The lowest BCUT2D eigenvalue weighted by Crippen LogP contribution is -2.11. The first kappa shape index (κ1) is 17.7. The molecule has 132 valence electrons. The van der Waals surface area contributed by atoms with Crippen LogP contribution in [0.25, 0.3) is 20.7 Å². The normalized spacial score (nSPS) is 11.3. The molecule has 0 amide bonds. The van der Waals surface area contributed by atoms with Crippen LogP contribution >= 0.6 is 45.9 Å². The molecular weight excluding hydrogens is 407 g/mol. The monoisotopic (exact) mass is 420 g/mol. The summed E-state index contributed by atoms with van der Waals surface area (Å²) in [6.45, 7) is 2.10. The van der Waals surface area contributed by atoms with Crippen molar-refractivity contribution < 1.29 is 0 Å². The maximum absolute atomic E-state index is 12.8. The van der Waals surface area contributed by atoms with Crippen LogP contribution in [0.3, 0.4) is 0 Å². The van der Waals surface area contributed by atoms with Crippen molar-refractivity contribution in [3.8, 4) is 10.4 Å². The van der Waals surface area contributed by atoms with E-state index >= 15 is 0 Å². The minimum absolute atomic E-state index is 0.102. The fraction of sp³-hybridized carbons (Fsp3) is 0.158. The molecule has 3 nitrogen and oxygen atoms in total. The molecule has 7 heteroatoms. The minimum atomic E-state index is -0.102. The fourth-order valence-electron chi connectivity index (χ4n) is 2.96. The zero-order valence-electron chi connectivity index (χ0n) is 13.8. The topological polar surface area (TPSA) is 45.8 Å². The molecule has 0 bridgehead atoms. The number of aromatic amines is 1. The van der Waals surface area contributed by atoms with Crippen LogP contribution in [-0.2, 0) is 12.8 Å². The third kappa shape index (κ3) is 3.21. The van der Waals surface area contributed by atoms with E-state index in [-0.39, 0.29) is 5.56 Å². The molecule has 0 saturated carbocycles. The maximum atomic E-state index is 12.8. The number of hydrogen-bond donors (Lipinski definition) is 1. The molecule has 3 heterocycles. The molecule has 0 aliphatic heterocycles. The van der Waals surface area contributed by atoms with Gasteiger partial charge in [0.2, 0.25) is 0 Å². The van der Waals surface area contributed by atoms with Crippen molar-refractivity contribution in [2.24, 2.45) is 0 Å². The molecule has 0 unspecified atom stereocenters. The number of aryl methyl sites for hydroxylation is 1. The van der Waals surface area contributed by atoms with Gasteiger partial charge in [-0.3, -0.25) is 4.79 Å². The molecule has 0 fully saturated rings. The summed E-state index contributed by atoms with van der Waals surface area (Å²) in [4.78, 5) is 23.5. The molecule has 0 saturated heterocycles. The highest BCUT2D eigenvalue weighted by Gasteiger charge is 2.19. The van der Waals surface area contributed by atoms with E-state index in [1.807, 2.05) is 23.6 Å². The maximum Gasteiger partial charge on any atom is 0.260 e. The number of fused-ring (bicyclic) bond motifs is 1. The quantitative estimate of drug-likeness (QED) is 0.428. The first-order chi connectivity index (χ1) is 12.6. The lowest BCUT2D eigenvalue weighted by atomic mass is 10.1. The molecule has 26 heavy (non-hydrogen) atoms. The molecule has 4 rings (SSSR count). The van der Waals surface area contributed by atoms with E-state index in [9.17, 15) is 4.79 Å². The number of rotatable bonds is 4. The number of hydrogen-bond acceptors (Lipinski definition) is 4. The van der Waals surface area contributed by atoms with Crippen LogP contribution in [0.2, 0.25) is 10.0 Å². The third-order valence-corrected chi connectivity index (χ3v) is 6.85. The Morgan fingerprint density at radius 1 is 1.23 bits per heavy atom. The van der Waals surface area contributed by atoms with Crippen molar-refractivity contribution in [1.29, 1.82) is 0 Å². The van der Waals surface area contributed by atoms with Crippen LogP contribution in [0.4, 0.5) is 0 Å². The summed E-state index contributed by atoms with van der Waals surface area (Å²) in [5, 5.41) is 3.86. The first-order valence-electron chi connectivity index (χ1n) is 8.09. The van der Waals surface area contributed by atoms with Crippen molar-refractivity contribution in [3.63, 3.8) is 0 Å². The molecule has 1 aromatic carbocycles. The molecule has 0 aliphatic carbocycles. The van der Waals surface area contributed by atoms with Crippen LogP contribution < -0.4 is 5.56 Å². The average molecular weight is 421 g/mol. The van der Waals surface area contributed by atoms with Crippen LogP contribution in [0.1, 0.15) is 23.2 Å². The lowest BCUT2D eigenvalue weighted by Gasteiger charge is -2.05. The summed E-state index contributed by atoms with van der Waals surface area (Å²) < 4.78 is 0. The summed E-state index contributed by atoms with van der Waals surface area (Å²) in [6, 6.07) is 9.39. The summed E-state index contributed by atoms with van der Waals surface area (Å²) in [5.41, 5.74) is 1.80. The summed E-state index contributed by atoms with van der Waals surface area (Å²) in [7, 11) is 0. The van der Waals surface area contributed by atoms with Gasteiger partial charge in [-0.15, -0.1) is 22.7 Å². The molecule has 0 atom stereocenters. The van der Waals surface area contributed by atoms with Crippen LogP contribution in [-0.4, -0.2) is 9.97 Å². The van der Waals surface area contributed by atoms with Gasteiger partial charge in [0.05, 0.1) is 5.39 Å². The minimum Gasteiger partial charge on any atom is -0.310 e. The van der Waals surface area contributed by atoms with Crippen molar-refractivity contribution in [3.05, 3.63) is 72.4 Å². The Morgan fingerprint density at radius 3 is 2.77 bits per heavy atom. The molecule has 0 spiro atoms. The van der Waals surface area contributed by atoms with Gasteiger partial charge >= 0.3 is 0 Å². The number of H-pyrrole nitrogens is 1. The van der Waals surface area contributed by atoms with Crippen LogP contribution in [0.5, 0.6) is 0 Å². The first-order valence-corrected chi connectivity index (χ1v) is 10.5. The Hall–Kier alpha value is -1.66. The number of benzene rings is 1. The predicted octanol–water partition coefficient (Wildman–Crippen LogP) is 6.17. The molecular formula is C19H14Cl2N2OS2. The molecule has 0 radical (unpaired) electrons. The van der Waals surface area contributed by atoms with Crippen molar-refractivity contribution in [2.75, 3.05) is 0 Å². The van der Waals surface area contributed by atoms with E-state index in [0.717, 1.165) is 27.3 Å². The highest BCUT2D eigenvalue weighted by Crippen LogP contribution is 2.38. The lowest BCUT2D eigenvalue weighted by molar-refractivity contribution is 0.977. The highest BCUT2D eigenvalue weighted by atomic mass is 35.5. The smallest absolute Gasteiger partial charge is 0.260 e. The van der Waals surface area contributed by atoms with Gasteiger partial charge in [-0.2, -0.15) is 0 Å². The molecule has 3 aromatic heterocycles. The third-order valence-electron chi connectivity index (χ3n) is 4.15. The van der Waals surface area contributed by atoms with Gasteiger partial charge in [0.15, 0.2) is 0 Å². The van der Waals surface area contributed by atoms with E-state index in [4.69, 9.17) is 28.2 Å². The van der Waals surface area contributed by atoms with Gasteiger partial charge in [0.1, 0.15) is 10.7 Å². The molecule has 4 aromatic rings. The van der Waals surface area contributed by atoms with Gasteiger partial charge in [0.25, 0.3) is 5.56 Å². The van der Waals surface area contributed by atoms with E-state index in [1.54, 1.807) is 34.8 Å². The summed E-state index contributed by atoms with van der Waals surface area (Å²) in [5.74, 6) is 0.605. The number of nitrogens with one attached hydrogen (secondary N) is 1. The van der Waals surface area contributed by atoms with E-state index < -0.39 is 0 Å². The Kier molecular flexibility index (Phi) is 4.88. The average Bonchev–Trinajstić information content (AvgIpc) is 3.24. The summed E-state index contributed by atoms with van der Waals surface area (Å²) >= 11 is 15.4. The molecule has 0 aliphatic rings. The zero-order valence-corrected chi connectivity index (χ0v) is 17.0. The van der Waals surface area contributed by atoms with Crippen LogP contribution in [0, 0.1) is 0 Å². The number of aromatic nitrogens is 2. The largest absolute Gasteiger partial charge is 0.310 e. The van der Waals surface area contributed by atoms with Gasteiger partial charge in [-0.25, -0.2) is 4.98 Å². The molecule has 1 N–H and O–H groups in total. The number of nitrogens with zero attached hydrogens (tertiary/aromatic N) is 1. The van der Waals surface area contributed by atoms with Crippen molar-refractivity contribution in [2.45, 2.75) is 19.8 Å². The second-order valence-corrected chi connectivity index (χ2v) is 8.71. The predicted molar refractivity (Wildman–Crippen MR) is 112 cm³/mol. The SMILES string of the molecule is CCc1sc2nc(Cc3ccc(Cl)cc3Cl)[nH]c(=O)c2c1-c1cccs1. The van der Waals surface area contributed by atoms with Crippen molar-refractivity contribution in [1.82, 2.24) is 9.97 Å². The Bertz CT molecular complexity index is 1150. The Balaban J connectivity index is 1.84. The highest BCUT2D eigenvalue weighted by molar-refractivity contribution is 7.20. The number of halogens is 2. The standard InChI is InChI=1S/C19H14Cl2N2OS2/c1-2-13-16(14-4-3-7-25-14)17-18(24)22-15(23-19(17)26-13)8-10-5-6-11(20)9-12(10)21/h3-7,9H,2,8H2,1H3,(H,22,23,24). The zero-order chi connectivity index (χ0) is 18.3. The Labute approximate surface area is 168 Å². The van der Waals surface area contributed by atoms with E-state index in [1.165, 1.54) is 4.88 Å². The Morgan fingerprint density at radius 2 is 2.08 bits per heavy atom. The number of thiophene rings is 2. The van der Waals surface area contributed by atoms with Crippen molar-refractivity contribution >= 4 is 56.1 Å². The van der Waals surface area contributed by atoms with Crippen LogP contribution in [0.15, 0.2) is 40.5 Å². The van der Waals surface area contributed by atoms with Gasteiger partial charge in [0, 0.05) is 31.8 Å². The van der Waals surface area contributed by atoms with Gasteiger partial charge in [-0.05, 0) is 35.6 Å². The van der Waals surface area contributed by atoms with Gasteiger partial charge in [-0.1, -0.05) is 42.3 Å². The van der Waals surface area contributed by atoms with E-state index in [0.29, 0.717) is 27.7 Å². The summed E-state index contributed by atoms with van der Waals surface area (Å²) in [6.07, 6.45) is 1.32. The fourth-order valence-corrected chi connectivity index (χ4v) is 5.45. The van der Waals surface area contributed by atoms with Gasteiger partial charge < -0.3 is 4.98 Å². The second-order valence-electron chi connectivity index (χ2n) is 5.84. The van der Waals surface area contributed by atoms with E-state index in [2.05, 4.69) is 11.9 Å².